The number of ether oxygens (including phenoxy) is 1. The number of nitrogens with one attached hydrogen (secondary N) is 3. The molecule has 0 heterocycles. The maximum absolute atomic E-state index is 12.9. The number of carbonyl (C=O) groups is 5. The van der Waals surface area contributed by atoms with E-state index in [9.17, 15) is 38.9 Å². The number of carboxylic acids is 2. The van der Waals surface area contributed by atoms with Crippen LogP contribution in [-0.4, -0.2) is 91.0 Å². The molecule has 325 valence electrons. The third-order valence-corrected chi connectivity index (χ3v) is 8.02. The van der Waals surface area contributed by atoms with E-state index >= 15 is 0 Å². The van der Waals surface area contributed by atoms with E-state index in [4.69, 9.17) is 10.5 Å². The number of nitrogens with two attached hydrogens (primary N) is 1. The second-order valence-electron chi connectivity index (χ2n) is 14.1. The van der Waals surface area contributed by atoms with Crippen molar-refractivity contribution in [3.05, 3.63) is 144 Å². The van der Waals surface area contributed by atoms with Gasteiger partial charge in [-0.15, -0.1) is 0 Å². The Kier molecular flexibility index (Phi) is 25.2. The summed E-state index contributed by atoms with van der Waals surface area (Å²) in [6, 6.07) is 32.9. The Morgan fingerprint density at radius 3 is 1.31 bits per heavy atom. The average molecular weight is 840 g/mol. The summed E-state index contributed by atoms with van der Waals surface area (Å²) in [5.74, 6) is -3.28. The van der Waals surface area contributed by atoms with Gasteiger partial charge in [-0.2, -0.15) is 0 Å². The molecule has 0 spiro atoms. The predicted molar refractivity (Wildman–Crippen MR) is 233 cm³/mol. The van der Waals surface area contributed by atoms with E-state index in [1.54, 1.807) is 51.9 Å². The Balaban J connectivity index is 0.000000532. The molecule has 15 nitrogen and oxygen atoms in total. The van der Waals surface area contributed by atoms with Crippen LogP contribution >= 0.6 is 0 Å². The largest absolute Gasteiger partial charge is 0.480 e. The number of benzene rings is 4. The molecule has 4 atom stereocenters. The summed E-state index contributed by atoms with van der Waals surface area (Å²) in [6.07, 6.45) is 0.175. The molecule has 3 amide bonds. The molecule has 0 saturated heterocycles. The minimum atomic E-state index is -1.15. The van der Waals surface area contributed by atoms with Crippen LogP contribution in [0.5, 0.6) is 0 Å². The van der Waals surface area contributed by atoms with Gasteiger partial charge in [0.25, 0.3) is 0 Å². The molecule has 0 aliphatic heterocycles. The smallest absolute Gasteiger partial charge is 0.326 e. The first-order chi connectivity index (χ1) is 28.6. The molecule has 0 saturated carbocycles. The van der Waals surface area contributed by atoms with Gasteiger partial charge in [0.1, 0.15) is 23.7 Å². The predicted octanol–water partition coefficient (Wildman–Crippen LogP) is 4.55. The van der Waals surface area contributed by atoms with Gasteiger partial charge in [0.05, 0.1) is 6.04 Å². The molecule has 0 bridgehead atoms. The first kappa shape index (κ1) is 52.9. The molecule has 4 aromatic carbocycles. The Hall–Kier alpha value is -6.16. The molecule has 7 N–H and O–H groups in total. The van der Waals surface area contributed by atoms with Crippen LogP contribution in [0.3, 0.4) is 0 Å². The van der Waals surface area contributed by atoms with Crippen molar-refractivity contribution in [2.24, 2.45) is 5.73 Å². The zero-order valence-corrected chi connectivity index (χ0v) is 34.2. The maximum Gasteiger partial charge on any atom is 0.326 e. The normalized spacial score (nSPS) is 12.2. The van der Waals surface area contributed by atoms with Crippen molar-refractivity contribution in [3.8, 4) is 0 Å². The summed E-state index contributed by atoms with van der Waals surface area (Å²) in [4.78, 5) is 68.8. The molecule has 1 radical (unpaired) electrons. The average Bonchev–Trinajstić information content (AvgIpc) is 3.21. The third-order valence-electron chi connectivity index (χ3n) is 8.02. The van der Waals surface area contributed by atoms with Crippen molar-refractivity contribution in [1.29, 1.82) is 0 Å². The van der Waals surface area contributed by atoms with Crippen molar-refractivity contribution in [2.75, 3.05) is 6.51 Å². The zero-order valence-electron chi connectivity index (χ0n) is 34.2. The van der Waals surface area contributed by atoms with E-state index in [1.807, 2.05) is 97.1 Å². The molecule has 0 aliphatic carbocycles. The van der Waals surface area contributed by atoms with Crippen LogP contribution in [0.4, 0.5) is 4.79 Å². The summed E-state index contributed by atoms with van der Waals surface area (Å²) in [5, 5.41) is 26.5. The van der Waals surface area contributed by atoms with Crippen molar-refractivity contribution < 1.29 is 53.3 Å². The van der Waals surface area contributed by atoms with Crippen molar-refractivity contribution >= 4 is 44.5 Å². The minimum absolute atomic E-state index is 0. The van der Waals surface area contributed by atoms with E-state index < -0.39 is 59.6 Å². The summed E-state index contributed by atoms with van der Waals surface area (Å²) in [7, 11) is 1.97. The van der Waals surface area contributed by atoms with Gasteiger partial charge < -0.3 is 36.6 Å². The van der Waals surface area contributed by atoms with Gasteiger partial charge in [0.2, 0.25) is 11.8 Å². The number of carboxylic acid groups (broad SMARTS) is 2. The number of hydrogen-bond acceptors (Lipinski definition) is 10. The number of hydrogen-bond donors (Lipinski definition) is 6. The Morgan fingerprint density at radius 2 is 0.967 bits per heavy atom. The second-order valence-corrected chi connectivity index (χ2v) is 14.1. The van der Waals surface area contributed by atoms with Crippen molar-refractivity contribution in [2.45, 2.75) is 90.5 Å². The van der Waals surface area contributed by atoms with Crippen LogP contribution in [-0.2, 0) is 64.0 Å². The van der Waals surface area contributed by atoms with Crippen LogP contribution < -0.4 is 21.7 Å². The molecule has 4 rings (SSSR count). The van der Waals surface area contributed by atoms with Crippen LogP contribution in [0.25, 0.3) is 0 Å². The van der Waals surface area contributed by atoms with Crippen molar-refractivity contribution in [1.82, 2.24) is 16.0 Å². The number of carbonyl (C=O) groups excluding carboxylic acids is 3. The molecule has 4 aromatic rings. The monoisotopic (exact) mass is 839 g/mol. The molecule has 0 aromatic heterocycles. The first-order valence-electron chi connectivity index (χ1n) is 19.1. The molecule has 17 heteroatoms. The third kappa shape index (κ3) is 23.3. The summed E-state index contributed by atoms with van der Waals surface area (Å²) < 4.78 is 14.7. The van der Waals surface area contributed by atoms with E-state index in [0.29, 0.717) is 13.6 Å². The number of amides is 3. The van der Waals surface area contributed by atoms with Gasteiger partial charge in [-0.1, -0.05) is 129 Å². The standard InChI is InChI=1S/C23H28N2O5.C18H20N2O3.C2H5B2O3.CH4/c1-23(2,3)30-22(29)25-18(14-16-10-6-4-7-11-16)20(26)24-19(21(27)28)15-17-12-8-5-9-13-17;19-15(11-13-7-3-1-4-8-13)17(21)20-16(18(22)23)12-14-9-5-2-6-10-14;1-3-7-6-2-4-5;/h4-13,18-19H,14-15H2,1-3H3,(H,24,26)(H,25,29)(H,27,28);1-10,15-16H,11-12,19H2,(H,20,21)(H,22,23);2H2,1H3;1H4/t18-,19-;15-,16-;;/m00../s1. The van der Waals surface area contributed by atoms with E-state index in [2.05, 4.69) is 25.6 Å². The second kappa shape index (κ2) is 29.1. The van der Waals surface area contributed by atoms with Gasteiger partial charge in [-0.25, -0.2) is 14.4 Å². The van der Waals surface area contributed by atoms with E-state index in [1.165, 1.54) is 7.48 Å². The fourth-order valence-electron chi connectivity index (χ4n) is 5.26. The molecular formula is C44H57B2N4O11. The van der Waals surface area contributed by atoms with Crippen molar-refractivity contribution in [3.63, 3.8) is 0 Å². The molecular weight excluding hydrogens is 782 g/mol. The Labute approximate surface area is 359 Å². The topological polar surface area (TPSA) is 233 Å². The summed E-state index contributed by atoms with van der Waals surface area (Å²) in [6.45, 7) is 6.81. The molecule has 61 heavy (non-hydrogen) atoms. The summed E-state index contributed by atoms with van der Waals surface area (Å²) >= 11 is 0. The molecule has 0 aliphatic rings. The van der Waals surface area contributed by atoms with Gasteiger partial charge in [0.15, 0.2) is 0 Å². The van der Waals surface area contributed by atoms with Gasteiger partial charge in [-0.05, 0) is 49.4 Å². The first-order valence-corrected chi connectivity index (χ1v) is 19.1. The number of aliphatic carboxylic acids is 2. The number of rotatable bonds is 19. The van der Waals surface area contributed by atoms with E-state index in [-0.39, 0.29) is 33.2 Å². The van der Waals surface area contributed by atoms with Gasteiger partial charge in [0, 0.05) is 19.3 Å². The van der Waals surface area contributed by atoms with Gasteiger partial charge in [-0.3, -0.25) is 9.59 Å². The SMILES string of the molecule is C.CC(C)(C)OC(=O)N[C@@H](Cc1ccccc1)C(=O)N[C@@H](Cc1ccccc1)C(=O)O.C[B]OOCB=O.N[C@@H](Cc1ccccc1)C(=O)N[C@@H](Cc1ccccc1)C(=O)O. The number of alkyl carbamates (subject to hydrolysis) is 1. The molecule has 0 unspecified atom stereocenters. The maximum atomic E-state index is 12.9. The van der Waals surface area contributed by atoms with E-state index in [0.717, 1.165) is 22.3 Å². The molecule has 0 fully saturated rings. The van der Waals surface area contributed by atoms with Crippen LogP contribution in [0, 0.1) is 0 Å². The van der Waals surface area contributed by atoms with Crippen LogP contribution in [0.15, 0.2) is 121 Å². The van der Waals surface area contributed by atoms with Crippen LogP contribution in [0.2, 0.25) is 6.82 Å². The van der Waals surface area contributed by atoms with Crippen LogP contribution in [0.1, 0.15) is 50.5 Å². The van der Waals surface area contributed by atoms with Gasteiger partial charge >= 0.3 is 60.4 Å². The fraction of sp³-hybridized carbons (Fsp3) is 0.341. The quantitative estimate of drug-likeness (QED) is 0.0331. The Bertz CT molecular complexity index is 1890. The summed E-state index contributed by atoms with van der Waals surface area (Å²) in [5.41, 5.74) is 8.54. The Morgan fingerprint density at radius 1 is 0.607 bits per heavy atom. The zero-order chi connectivity index (χ0) is 44.3. The minimum Gasteiger partial charge on any atom is -0.480 e. The fourth-order valence-corrected chi connectivity index (χ4v) is 5.26.